The summed E-state index contributed by atoms with van der Waals surface area (Å²) in [4.78, 5) is 14.8. The highest BCUT2D eigenvalue weighted by Gasteiger charge is 2.30. The van der Waals surface area contributed by atoms with Crippen LogP contribution in [0.1, 0.15) is 16.1 Å². The molecule has 0 aliphatic carbocycles. The van der Waals surface area contributed by atoms with E-state index in [9.17, 15) is 18.0 Å². The first-order valence-corrected chi connectivity index (χ1v) is 4.62. The van der Waals surface area contributed by atoms with Gasteiger partial charge in [0.25, 0.3) is 5.91 Å². The quantitative estimate of drug-likeness (QED) is 0.321. The summed E-state index contributed by atoms with van der Waals surface area (Å²) in [6, 6.07) is 1.68. The molecule has 9 heteroatoms. The van der Waals surface area contributed by atoms with Crippen LogP contribution in [0.3, 0.4) is 0 Å². The monoisotopic (exact) mass is 262 g/mol. The van der Waals surface area contributed by atoms with E-state index in [0.29, 0.717) is 6.20 Å². The zero-order valence-corrected chi connectivity index (χ0v) is 8.90. The molecule has 0 bridgehead atoms. The summed E-state index contributed by atoms with van der Waals surface area (Å²) in [7, 11) is 0. The fourth-order valence-corrected chi connectivity index (χ4v) is 0.993. The summed E-state index contributed by atoms with van der Waals surface area (Å²) in [6.45, 7) is -0.238. The van der Waals surface area contributed by atoms with Crippen molar-refractivity contribution in [2.24, 2.45) is 10.9 Å². The zero-order chi connectivity index (χ0) is 13.8. The standard InChI is InChI=1S/C9H9F3N4O2/c10-9(11,12)5-1-2-6(14-3-5)8(17)15-4-7(13)16-18/h1-3,18H,4H2,(H2,13,16)(H,15,17). The molecular weight excluding hydrogens is 253 g/mol. The van der Waals surface area contributed by atoms with Gasteiger partial charge in [-0.1, -0.05) is 5.16 Å². The number of hydrogen-bond donors (Lipinski definition) is 3. The molecule has 98 valence electrons. The minimum Gasteiger partial charge on any atom is -0.409 e. The summed E-state index contributed by atoms with van der Waals surface area (Å²) in [5, 5.41) is 13.0. The minimum absolute atomic E-state index is 0.200. The maximum absolute atomic E-state index is 12.2. The second-order valence-corrected chi connectivity index (χ2v) is 3.20. The Bertz CT molecular complexity index is 456. The van der Waals surface area contributed by atoms with Crippen molar-refractivity contribution in [2.75, 3.05) is 6.54 Å². The van der Waals surface area contributed by atoms with Gasteiger partial charge in [0.1, 0.15) is 5.69 Å². The number of alkyl halides is 3. The van der Waals surface area contributed by atoms with Gasteiger partial charge in [0, 0.05) is 6.20 Å². The molecule has 0 saturated carbocycles. The van der Waals surface area contributed by atoms with Crippen LogP contribution in [0.25, 0.3) is 0 Å². The molecule has 6 nitrogen and oxygen atoms in total. The molecule has 1 aromatic heterocycles. The highest BCUT2D eigenvalue weighted by atomic mass is 19.4. The van der Waals surface area contributed by atoms with Crippen LogP contribution in [0.5, 0.6) is 0 Å². The highest BCUT2D eigenvalue weighted by Crippen LogP contribution is 2.28. The molecular formula is C9H9F3N4O2. The van der Waals surface area contributed by atoms with Crippen molar-refractivity contribution < 1.29 is 23.2 Å². The Balaban J connectivity index is 2.71. The zero-order valence-electron chi connectivity index (χ0n) is 8.90. The van der Waals surface area contributed by atoms with E-state index in [1.54, 1.807) is 0 Å². The van der Waals surface area contributed by atoms with Crippen molar-refractivity contribution in [1.82, 2.24) is 10.3 Å². The van der Waals surface area contributed by atoms with Gasteiger partial charge in [-0.3, -0.25) is 9.78 Å². The van der Waals surface area contributed by atoms with Crippen LogP contribution < -0.4 is 11.1 Å². The van der Waals surface area contributed by atoms with Crippen LogP contribution in [-0.2, 0) is 6.18 Å². The molecule has 0 aliphatic rings. The Labute approximate surface area is 99.3 Å². The Morgan fingerprint density at radius 1 is 1.50 bits per heavy atom. The van der Waals surface area contributed by atoms with Crippen molar-refractivity contribution in [2.45, 2.75) is 6.18 Å². The van der Waals surface area contributed by atoms with Gasteiger partial charge in [-0.05, 0) is 12.1 Å². The highest BCUT2D eigenvalue weighted by molar-refractivity contribution is 5.95. The Kier molecular flexibility index (Phi) is 4.08. The third-order valence-corrected chi connectivity index (χ3v) is 1.88. The maximum atomic E-state index is 12.2. The number of nitrogens with one attached hydrogen (secondary N) is 1. The first-order chi connectivity index (χ1) is 8.34. The van der Waals surface area contributed by atoms with Crippen molar-refractivity contribution in [1.29, 1.82) is 0 Å². The van der Waals surface area contributed by atoms with E-state index in [1.807, 2.05) is 0 Å². The predicted molar refractivity (Wildman–Crippen MR) is 55.0 cm³/mol. The van der Waals surface area contributed by atoms with E-state index < -0.39 is 17.6 Å². The van der Waals surface area contributed by atoms with Crippen LogP contribution in [-0.4, -0.2) is 28.5 Å². The summed E-state index contributed by atoms with van der Waals surface area (Å²) >= 11 is 0. The molecule has 0 spiro atoms. The lowest BCUT2D eigenvalue weighted by molar-refractivity contribution is -0.137. The van der Waals surface area contributed by atoms with Crippen molar-refractivity contribution >= 4 is 11.7 Å². The van der Waals surface area contributed by atoms with Gasteiger partial charge in [0.15, 0.2) is 5.84 Å². The van der Waals surface area contributed by atoms with E-state index in [0.717, 1.165) is 12.1 Å². The summed E-state index contributed by atoms with van der Waals surface area (Å²) in [6.07, 6.45) is -3.95. The molecule has 0 unspecified atom stereocenters. The van der Waals surface area contributed by atoms with Crippen LogP contribution >= 0.6 is 0 Å². The van der Waals surface area contributed by atoms with Gasteiger partial charge in [0.2, 0.25) is 0 Å². The van der Waals surface area contributed by atoms with Gasteiger partial charge < -0.3 is 16.3 Å². The maximum Gasteiger partial charge on any atom is 0.417 e. The molecule has 0 atom stereocenters. The molecule has 1 heterocycles. The number of carbonyl (C=O) groups is 1. The normalized spacial score (nSPS) is 12.3. The Morgan fingerprint density at radius 3 is 2.61 bits per heavy atom. The molecule has 4 N–H and O–H groups in total. The van der Waals surface area contributed by atoms with Gasteiger partial charge >= 0.3 is 6.18 Å². The number of amides is 1. The van der Waals surface area contributed by atoms with E-state index >= 15 is 0 Å². The molecule has 0 fully saturated rings. The fourth-order valence-electron chi connectivity index (χ4n) is 0.993. The second kappa shape index (κ2) is 5.34. The second-order valence-electron chi connectivity index (χ2n) is 3.20. The summed E-state index contributed by atoms with van der Waals surface area (Å²) < 4.78 is 36.7. The van der Waals surface area contributed by atoms with E-state index in [1.165, 1.54) is 0 Å². The Hall–Kier alpha value is -2.32. The molecule has 0 aromatic carbocycles. The lowest BCUT2D eigenvalue weighted by Crippen LogP contribution is -2.34. The largest absolute Gasteiger partial charge is 0.417 e. The molecule has 0 saturated heterocycles. The lowest BCUT2D eigenvalue weighted by Gasteiger charge is -2.07. The number of amidine groups is 1. The van der Waals surface area contributed by atoms with Crippen LogP contribution in [0.15, 0.2) is 23.5 Å². The fraction of sp³-hybridized carbons (Fsp3) is 0.222. The molecule has 18 heavy (non-hydrogen) atoms. The molecule has 1 rings (SSSR count). The number of nitrogens with two attached hydrogens (primary N) is 1. The number of carbonyl (C=O) groups excluding carboxylic acids is 1. The number of halogens is 3. The molecule has 0 radical (unpaired) electrons. The van der Waals surface area contributed by atoms with Crippen molar-refractivity contribution in [3.63, 3.8) is 0 Å². The van der Waals surface area contributed by atoms with E-state index in [4.69, 9.17) is 10.9 Å². The first-order valence-electron chi connectivity index (χ1n) is 4.62. The smallest absolute Gasteiger partial charge is 0.409 e. The van der Waals surface area contributed by atoms with E-state index in [-0.39, 0.29) is 18.1 Å². The minimum atomic E-state index is -4.50. The van der Waals surface area contributed by atoms with Crippen LogP contribution in [0.2, 0.25) is 0 Å². The number of oxime groups is 1. The Morgan fingerprint density at radius 2 is 2.17 bits per heavy atom. The molecule has 1 aromatic rings. The number of aromatic nitrogens is 1. The third-order valence-electron chi connectivity index (χ3n) is 1.88. The molecule has 0 aliphatic heterocycles. The van der Waals surface area contributed by atoms with Crippen LogP contribution in [0, 0.1) is 0 Å². The topological polar surface area (TPSA) is 101 Å². The van der Waals surface area contributed by atoms with Crippen molar-refractivity contribution in [3.8, 4) is 0 Å². The SMILES string of the molecule is N/C(CNC(=O)c1ccc(C(F)(F)F)cn1)=N/O. The van der Waals surface area contributed by atoms with Gasteiger partial charge in [0.05, 0.1) is 12.1 Å². The third kappa shape index (κ3) is 3.61. The average molecular weight is 262 g/mol. The number of nitrogens with zero attached hydrogens (tertiary/aromatic N) is 2. The summed E-state index contributed by atoms with van der Waals surface area (Å²) in [5.74, 6) is -0.967. The molecule has 1 amide bonds. The average Bonchev–Trinajstić information content (AvgIpc) is 2.34. The first kappa shape index (κ1) is 13.7. The predicted octanol–water partition coefficient (Wildman–Crippen LogP) is 0.577. The van der Waals surface area contributed by atoms with Gasteiger partial charge in [-0.15, -0.1) is 0 Å². The number of pyridine rings is 1. The van der Waals surface area contributed by atoms with Crippen LogP contribution in [0.4, 0.5) is 13.2 Å². The number of hydrogen-bond acceptors (Lipinski definition) is 4. The lowest BCUT2D eigenvalue weighted by atomic mass is 10.2. The summed E-state index contributed by atoms with van der Waals surface area (Å²) in [5.41, 5.74) is 3.95. The van der Waals surface area contributed by atoms with E-state index in [2.05, 4.69) is 15.5 Å². The van der Waals surface area contributed by atoms with Crippen molar-refractivity contribution in [3.05, 3.63) is 29.6 Å². The van der Waals surface area contributed by atoms with Gasteiger partial charge in [-0.2, -0.15) is 13.2 Å². The van der Waals surface area contributed by atoms with Gasteiger partial charge in [-0.25, -0.2) is 0 Å². The number of rotatable bonds is 3.